The van der Waals surface area contributed by atoms with Crippen LogP contribution in [0.1, 0.15) is 41.5 Å². The number of aromatic amines is 1. The Hall–Kier alpha value is -2.21. The number of hydrogen-bond acceptors (Lipinski definition) is 14. The molecule has 0 unspecified atom stereocenters. The first-order chi connectivity index (χ1) is 18.6. The van der Waals surface area contributed by atoms with Crippen molar-refractivity contribution >= 4 is 31.4 Å². The molecule has 0 amide bonds. The van der Waals surface area contributed by atoms with E-state index in [4.69, 9.17) is 39.4 Å². The van der Waals surface area contributed by atoms with Gasteiger partial charge in [-0.2, -0.15) is 0 Å². The number of H-pyrrole nitrogens is 1. The molecule has 0 spiro atoms. The lowest BCUT2D eigenvalue weighted by Gasteiger charge is -2.32. The molecule has 0 aliphatic carbocycles. The molecular formula is C22H33ClFN2O14P. The second-order valence-corrected chi connectivity index (χ2v) is 13.0. The zero-order valence-electron chi connectivity index (χ0n) is 23.0. The van der Waals surface area contributed by atoms with E-state index in [0.29, 0.717) is 6.07 Å². The molecule has 0 saturated carbocycles. The van der Waals surface area contributed by atoms with E-state index in [-0.39, 0.29) is 4.57 Å². The number of phosphoric ester groups is 1. The van der Waals surface area contributed by atoms with Gasteiger partial charge in [0.05, 0.1) is 17.4 Å². The van der Waals surface area contributed by atoms with E-state index < -0.39 is 97.6 Å². The van der Waals surface area contributed by atoms with Crippen LogP contribution in [0.5, 0.6) is 0 Å². The lowest BCUT2D eigenvalue weighted by atomic mass is 9.98. The monoisotopic (exact) mass is 634 g/mol. The van der Waals surface area contributed by atoms with Crippen molar-refractivity contribution in [2.45, 2.75) is 65.3 Å². The van der Waals surface area contributed by atoms with Crippen molar-refractivity contribution in [3.63, 3.8) is 0 Å². The fourth-order valence-corrected chi connectivity index (χ4v) is 4.45. The van der Waals surface area contributed by atoms with Crippen molar-refractivity contribution in [2.75, 3.05) is 26.8 Å². The number of aromatic nitrogens is 2. The van der Waals surface area contributed by atoms with Gasteiger partial charge in [-0.25, -0.2) is 27.4 Å². The molecule has 4 N–H and O–H groups in total. The first kappa shape index (κ1) is 35.0. The summed E-state index contributed by atoms with van der Waals surface area (Å²) in [5.41, 5.74) is -7.10. The van der Waals surface area contributed by atoms with Crippen molar-refractivity contribution in [3.8, 4) is 0 Å². The van der Waals surface area contributed by atoms with Crippen LogP contribution in [0.25, 0.3) is 0 Å². The molecule has 1 saturated heterocycles. The number of rotatable bonds is 11. The number of aliphatic hydroxyl groups is 3. The van der Waals surface area contributed by atoms with Gasteiger partial charge >= 0.3 is 25.5 Å². The average molecular weight is 635 g/mol. The van der Waals surface area contributed by atoms with E-state index >= 15 is 4.39 Å². The maximum atomic E-state index is 15.9. The highest BCUT2D eigenvalue weighted by Crippen LogP contribution is 2.52. The van der Waals surface area contributed by atoms with Gasteiger partial charge < -0.3 is 29.5 Å². The van der Waals surface area contributed by atoms with Gasteiger partial charge in [0.1, 0.15) is 24.0 Å². The predicted octanol–water partition coefficient (Wildman–Crippen LogP) is 0.504. The quantitative estimate of drug-likeness (QED) is 0.113. The summed E-state index contributed by atoms with van der Waals surface area (Å²) in [4.78, 5) is 49.7. The highest BCUT2D eigenvalue weighted by atomic mass is 35.5. The number of phosphoric acid groups is 1. The SMILES string of the molecule is CC(C)(C)C(=O)OCOP(=O)(OCOC(=O)C(C)(C)C)OC[C@@]1(F)O[C@@](CO)(n2c(Cl)cc(=O)[nH]c2=O)[C@H](O)[C@@H]1O. The second kappa shape index (κ2) is 12.6. The minimum Gasteiger partial charge on any atom is -0.437 e. The number of nitrogens with zero attached hydrogens (tertiary/aromatic N) is 1. The van der Waals surface area contributed by atoms with E-state index in [1.165, 1.54) is 41.5 Å². The number of hydrogen-bond donors (Lipinski definition) is 4. The summed E-state index contributed by atoms with van der Waals surface area (Å²) >= 11 is 5.91. The third-order valence-electron chi connectivity index (χ3n) is 5.50. The summed E-state index contributed by atoms with van der Waals surface area (Å²) in [6.45, 7) is 4.09. The van der Waals surface area contributed by atoms with Crippen LogP contribution in [0.4, 0.5) is 4.39 Å². The van der Waals surface area contributed by atoms with Crippen molar-refractivity contribution in [1.82, 2.24) is 9.55 Å². The lowest BCUT2D eigenvalue weighted by Crippen LogP contribution is -2.54. The average Bonchev–Trinajstić information content (AvgIpc) is 3.02. The van der Waals surface area contributed by atoms with Crippen LogP contribution < -0.4 is 11.2 Å². The van der Waals surface area contributed by atoms with E-state index in [0.717, 1.165) is 0 Å². The molecule has 16 nitrogen and oxygen atoms in total. The van der Waals surface area contributed by atoms with Gasteiger partial charge in [0.25, 0.3) is 11.4 Å². The van der Waals surface area contributed by atoms with E-state index in [1.807, 2.05) is 0 Å². The van der Waals surface area contributed by atoms with Crippen molar-refractivity contribution in [3.05, 3.63) is 32.1 Å². The molecule has 234 valence electrons. The molecule has 2 heterocycles. The molecule has 2 rings (SSSR count). The Morgan fingerprint density at radius 1 is 1.05 bits per heavy atom. The largest absolute Gasteiger partial charge is 0.480 e. The number of halogens is 2. The van der Waals surface area contributed by atoms with Gasteiger partial charge in [-0.15, -0.1) is 0 Å². The zero-order chi connectivity index (χ0) is 31.6. The Kier molecular flexibility index (Phi) is 10.7. The van der Waals surface area contributed by atoms with Gasteiger partial charge in [0.15, 0.2) is 0 Å². The van der Waals surface area contributed by atoms with E-state index in [9.17, 15) is 39.1 Å². The topological polar surface area (TPSA) is 222 Å². The molecule has 1 aliphatic rings. The van der Waals surface area contributed by atoms with Crippen molar-refractivity contribution in [1.29, 1.82) is 0 Å². The number of esters is 2. The summed E-state index contributed by atoms with van der Waals surface area (Å²) in [7, 11) is -5.00. The normalized spacial score (nSPS) is 25.2. The highest BCUT2D eigenvalue weighted by molar-refractivity contribution is 7.48. The van der Waals surface area contributed by atoms with Crippen LogP contribution in [0.15, 0.2) is 15.7 Å². The molecule has 0 radical (unpaired) electrons. The summed E-state index contributed by atoms with van der Waals surface area (Å²) in [6, 6.07) is 0.658. The number of aliphatic hydroxyl groups excluding tert-OH is 3. The number of carbonyl (C=O) groups excluding carboxylic acids is 2. The van der Waals surface area contributed by atoms with Gasteiger partial charge in [-0.05, 0) is 41.5 Å². The molecular weight excluding hydrogens is 602 g/mol. The van der Waals surface area contributed by atoms with Crippen molar-refractivity contribution < 1.29 is 61.6 Å². The van der Waals surface area contributed by atoms with Crippen LogP contribution in [0.3, 0.4) is 0 Å². The summed E-state index contributed by atoms with van der Waals surface area (Å²) in [5.74, 6) is -5.12. The standard InChI is InChI=1S/C22H33ClFN2O14P/c1-19(2,3)16(31)35-10-38-41(34,39-11-36-17(32)20(4,5)6)37-9-21(24)14(29)15(30)22(8-27,40-21)26-12(23)7-13(28)25-18(26)33/h7,14-15,27,29-30H,8-11H2,1-6H3,(H,25,28,33)/t14-,15+,21+,22+/m0/s1. The molecule has 1 aliphatic heterocycles. The fraction of sp³-hybridized carbons (Fsp3) is 0.727. The molecule has 0 aromatic carbocycles. The van der Waals surface area contributed by atoms with Crippen LogP contribution in [-0.2, 0) is 47.7 Å². The molecule has 19 heteroatoms. The maximum absolute atomic E-state index is 15.9. The predicted molar refractivity (Wildman–Crippen MR) is 135 cm³/mol. The van der Waals surface area contributed by atoms with Crippen molar-refractivity contribution in [2.24, 2.45) is 10.8 Å². The Balaban J connectivity index is 2.31. The molecule has 1 aromatic heterocycles. The smallest absolute Gasteiger partial charge is 0.437 e. The maximum Gasteiger partial charge on any atom is 0.480 e. The number of carbonyl (C=O) groups is 2. The molecule has 1 fully saturated rings. The summed E-state index contributed by atoms with van der Waals surface area (Å²) < 4.78 is 58.9. The highest BCUT2D eigenvalue weighted by Gasteiger charge is 2.65. The minimum atomic E-state index is -5.00. The van der Waals surface area contributed by atoms with Gasteiger partial charge in [0, 0.05) is 6.07 Å². The van der Waals surface area contributed by atoms with Gasteiger partial charge in [0.2, 0.25) is 19.3 Å². The zero-order valence-corrected chi connectivity index (χ0v) is 24.7. The summed E-state index contributed by atoms with van der Waals surface area (Å²) in [6.07, 6.45) is -5.00. The Morgan fingerprint density at radius 3 is 1.95 bits per heavy atom. The third kappa shape index (κ3) is 8.00. The van der Waals surface area contributed by atoms with E-state index in [1.54, 1.807) is 4.98 Å². The molecule has 1 aromatic rings. The van der Waals surface area contributed by atoms with Gasteiger partial charge in [-0.3, -0.25) is 23.9 Å². The third-order valence-corrected chi connectivity index (χ3v) is 7.06. The molecule has 0 bridgehead atoms. The first-order valence-corrected chi connectivity index (χ1v) is 13.7. The minimum absolute atomic E-state index is 0.287. The second-order valence-electron chi connectivity index (χ2n) is 11.0. The number of nitrogens with one attached hydrogen (secondary N) is 1. The summed E-state index contributed by atoms with van der Waals surface area (Å²) in [5, 5.41) is 30.4. The van der Waals surface area contributed by atoms with Crippen LogP contribution >= 0.6 is 19.4 Å². The Morgan fingerprint density at radius 2 is 1.54 bits per heavy atom. The van der Waals surface area contributed by atoms with Crippen LogP contribution in [0.2, 0.25) is 5.15 Å². The molecule has 4 atom stereocenters. The lowest BCUT2D eigenvalue weighted by molar-refractivity contribution is -0.255. The van der Waals surface area contributed by atoms with Crippen LogP contribution in [0, 0.1) is 10.8 Å². The Bertz CT molecular complexity index is 1250. The Labute approximate surface area is 237 Å². The first-order valence-electron chi connectivity index (χ1n) is 11.9. The molecule has 41 heavy (non-hydrogen) atoms. The number of ether oxygens (including phenoxy) is 3. The van der Waals surface area contributed by atoms with E-state index in [2.05, 4.69) is 0 Å². The number of alkyl halides is 1. The van der Waals surface area contributed by atoms with Gasteiger partial charge in [-0.1, -0.05) is 11.6 Å². The fourth-order valence-electron chi connectivity index (χ4n) is 3.21. The van der Waals surface area contributed by atoms with Crippen LogP contribution in [-0.4, -0.2) is 81.7 Å².